The molecule has 2 saturated heterocycles. The number of hydrogen-bond donors (Lipinski definition) is 1. The molecule has 1 amide bonds. The number of anilines is 1. The molecule has 0 spiro atoms. The summed E-state index contributed by atoms with van der Waals surface area (Å²) >= 11 is 1.38. The number of amides is 1. The second-order valence-corrected chi connectivity index (χ2v) is 10.4. The SMILES string of the molecule is O=C(NC1CCN(Cc2ccccc2)CC1)C1CCCN(c2nc(Cc3ccc(F)cc3)ns2)C1. The van der Waals surface area contributed by atoms with Crippen LogP contribution in [0.5, 0.6) is 0 Å². The predicted octanol–water partition coefficient (Wildman–Crippen LogP) is 4.27. The molecule has 8 heteroatoms. The molecule has 3 heterocycles. The van der Waals surface area contributed by atoms with Crippen molar-refractivity contribution in [1.82, 2.24) is 19.6 Å². The maximum atomic E-state index is 13.1. The van der Waals surface area contributed by atoms with E-state index in [0.29, 0.717) is 13.0 Å². The van der Waals surface area contributed by atoms with E-state index in [9.17, 15) is 9.18 Å². The summed E-state index contributed by atoms with van der Waals surface area (Å²) in [6, 6.07) is 17.3. The summed E-state index contributed by atoms with van der Waals surface area (Å²) in [4.78, 5) is 22.4. The number of halogens is 1. The highest BCUT2D eigenvalue weighted by molar-refractivity contribution is 7.09. The number of aromatic nitrogens is 2. The number of hydrogen-bond acceptors (Lipinski definition) is 6. The number of likely N-dealkylation sites (tertiary alicyclic amines) is 1. The normalized spacial score (nSPS) is 19.6. The van der Waals surface area contributed by atoms with Gasteiger partial charge >= 0.3 is 0 Å². The molecule has 35 heavy (non-hydrogen) atoms. The Morgan fingerprint density at radius 1 is 1.00 bits per heavy atom. The minimum Gasteiger partial charge on any atom is -0.353 e. The van der Waals surface area contributed by atoms with Gasteiger partial charge in [-0.05, 0) is 48.9 Å². The summed E-state index contributed by atoms with van der Waals surface area (Å²) < 4.78 is 17.6. The molecule has 3 aromatic rings. The number of benzene rings is 2. The molecule has 5 rings (SSSR count). The quantitative estimate of drug-likeness (QED) is 0.533. The molecule has 2 aliphatic rings. The first-order valence-electron chi connectivity index (χ1n) is 12.5. The van der Waals surface area contributed by atoms with Crippen molar-refractivity contribution in [2.45, 2.75) is 44.7 Å². The standard InChI is InChI=1S/C27H32FN5OS/c28-23-10-8-20(9-11-23)17-25-30-27(35-31-25)33-14-4-7-22(19-33)26(34)29-24-12-15-32(16-13-24)18-21-5-2-1-3-6-21/h1-3,5-6,8-11,22,24H,4,7,12-19H2,(H,29,34). The van der Waals surface area contributed by atoms with Gasteiger partial charge in [0.1, 0.15) is 11.6 Å². The summed E-state index contributed by atoms with van der Waals surface area (Å²) in [6.45, 7) is 4.58. The van der Waals surface area contributed by atoms with Crippen LogP contribution in [0.1, 0.15) is 42.6 Å². The molecular formula is C27H32FN5OS. The number of nitrogens with zero attached hydrogens (tertiary/aromatic N) is 4. The molecule has 184 valence electrons. The number of carbonyl (C=O) groups excluding carboxylic acids is 1. The predicted molar refractivity (Wildman–Crippen MR) is 137 cm³/mol. The highest BCUT2D eigenvalue weighted by Crippen LogP contribution is 2.26. The monoisotopic (exact) mass is 493 g/mol. The lowest BCUT2D eigenvalue weighted by Gasteiger charge is -2.35. The molecule has 0 radical (unpaired) electrons. The van der Waals surface area contributed by atoms with Crippen molar-refractivity contribution in [3.05, 3.63) is 77.4 Å². The van der Waals surface area contributed by atoms with Crippen LogP contribution in [0.15, 0.2) is 54.6 Å². The third-order valence-electron chi connectivity index (χ3n) is 6.98. The number of carbonyl (C=O) groups is 1. The number of nitrogens with one attached hydrogen (secondary N) is 1. The van der Waals surface area contributed by atoms with Crippen molar-refractivity contribution in [2.24, 2.45) is 5.92 Å². The third kappa shape index (κ3) is 6.44. The molecule has 2 fully saturated rings. The summed E-state index contributed by atoms with van der Waals surface area (Å²) in [6.07, 6.45) is 4.46. The molecule has 1 N–H and O–H groups in total. The topological polar surface area (TPSA) is 61.4 Å². The van der Waals surface area contributed by atoms with E-state index in [0.717, 1.165) is 68.4 Å². The Balaban J connectivity index is 1.10. The van der Waals surface area contributed by atoms with Gasteiger partial charge in [-0.2, -0.15) is 4.37 Å². The second kappa shape index (κ2) is 11.3. The Hall–Kier alpha value is -2.84. The Morgan fingerprint density at radius 2 is 1.77 bits per heavy atom. The van der Waals surface area contributed by atoms with Crippen molar-refractivity contribution < 1.29 is 9.18 Å². The van der Waals surface area contributed by atoms with Crippen molar-refractivity contribution >= 4 is 22.6 Å². The lowest BCUT2D eigenvalue weighted by Crippen LogP contribution is -2.49. The van der Waals surface area contributed by atoms with E-state index in [4.69, 9.17) is 4.98 Å². The summed E-state index contributed by atoms with van der Waals surface area (Å²) in [5.41, 5.74) is 2.33. The fraction of sp³-hybridized carbons (Fsp3) is 0.444. The van der Waals surface area contributed by atoms with Gasteiger partial charge in [0.25, 0.3) is 0 Å². The third-order valence-corrected chi connectivity index (χ3v) is 7.79. The highest BCUT2D eigenvalue weighted by Gasteiger charge is 2.30. The van der Waals surface area contributed by atoms with Crippen LogP contribution in [0.3, 0.4) is 0 Å². The van der Waals surface area contributed by atoms with Crippen LogP contribution >= 0.6 is 11.5 Å². The fourth-order valence-corrected chi connectivity index (χ4v) is 5.71. The van der Waals surface area contributed by atoms with Crippen LogP contribution in [0.25, 0.3) is 0 Å². The van der Waals surface area contributed by atoms with Gasteiger partial charge in [-0.25, -0.2) is 9.37 Å². The average Bonchev–Trinajstić information content (AvgIpc) is 3.36. The van der Waals surface area contributed by atoms with Crippen molar-refractivity contribution in [3.63, 3.8) is 0 Å². The highest BCUT2D eigenvalue weighted by atomic mass is 32.1. The number of piperidine rings is 2. The Bertz CT molecular complexity index is 1100. The van der Waals surface area contributed by atoms with Crippen LogP contribution < -0.4 is 10.2 Å². The first-order chi connectivity index (χ1) is 17.1. The molecule has 1 atom stereocenters. The smallest absolute Gasteiger partial charge is 0.225 e. The Kier molecular flexibility index (Phi) is 7.69. The van der Waals surface area contributed by atoms with Crippen molar-refractivity contribution in [3.8, 4) is 0 Å². The molecular weight excluding hydrogens is 461 g/mol. The van der Waals surface area contributed by atoms with Crippen LogP contribution in [-0.4, -0.2) is 52.4 Å². The zero-order valence-electron chi connectivity index (χ0n) is 19.9. The molecule has 6 nitrogen and oxygen atoms in total. The molecule has 2 aromatic carbocycles. The van der Waals surface area contributed by atoms with Crippen LogP contribution in [0, 0.1) is 11.7 Å². The molecule has 0 saturated carbocycles. The summed E-state index contributed by atoms with van der Waals surface area (Å²) in [5.74, 6) is 0.657. The van der Waals surface area contributed by atoms with Gasteiger partial charge in [0.2, 0.25) is 11.0 Å². The number of rotatable bonds is 7. The van der Waals surface area contributed by atoms with E-state index in [1.54, 1.807) is 12.1 Å². The van der Waals surface area contributed by atoms with E-state index < -0.39 is 0 Å². The lowest BCUT2D eigenvalue weighted by molar-refractivity contribution is -0.126. The van der Waals surface area contributed by atoms with E-state index in [1.807, 2.05) is 0 Å². The van der Waals surface area contributed by atoms with Gasteiger partial charge in [-0.1, -0.05) is 42.5 Å². The minimum atomic E-state index is -0.240. The molecule has 0 bridgehead atoms. The van der Waals surface area contributed by atoms with Gasteiger partial charge < -0.3 is 10.2 Å². The molecule has 1 unspecified atom stereocenters. The first-order valence-corrected chi connectivity index (χ1v) is 13.3. The van der Waals surface area contributed by atoms with Gasteiger partial charge in [0.05, 0.1) is 5.92 Å². The van der Waals surface area contributed by atoms with Crippen molar-refractivity contribution in [1.29, 1.82) is 0 Å². The van der Waals surface area contributed by atoms with Crippen LogP contribution in [0.4, 0.5) is 9.52 Å². The van der Waals surface area contributed by atoms with Gasteiger partial charge in [-0.15, -0.1) is 0 Å². The second-order valence-electron chi connectivity index (χ2n) is 9.63. The van der Waals surface area contributed by atoms with E-state index in [1.165, 1.54) is 29.2 Å². The van der Waals surface area contributed by atoms with Crippen LogP contribution in [-0.2, 0) is 17.8 Å². The summed E-state index contributed by atoms with van der Waals surface area (Å²) in [5, 5.41) is 4.20. The van der Waals surface area contributed by atoms with E-state index >= 15 is 0 Å². The largest absolute Gasteiger partial charge is 0.353 e. The minimum absolute atomic E-state index is 0.0180. The van der Waals surface area contributed by atoms with E-state index in [2.05, 4.69) is 49.8 Å². The Morgan fingerprint density at radius 3 is 2.54 bits per heavy atom. The van der Waals surface area contributed by atoms with Crippen molar-refractivity contribution in [2.75, 3.05) is 31.1 Å². The average molecular weight is 494 g/mol. The van der Waals surface area contributed by atoms with Gasteiger partial charge in [-0.3, -0.25) is 9.69 Å². The lowest BCUT2D eigenvalue weighted by atomic mass is 9.96. The van der Waals surface area contributed by atoms with Gasteiger partial charge in [0, 0.05) is 56.7 Å². The Labute approximate surface area is 210 Å². The maximum absolute atomic E-state index is 13.1. The molecule has 0 aliphatic carbocycles. The van der Waals surface area contributed by atoms with Gasteiger partial charge in [0.15, 0.2) is 0 Å². The molecule has 1 aromatic heterocycles. The molecule has 2 aliphatic heterocycles. The maximum Gasteiger partial charge on any atom is 0.225 e. The van der Waals surface area contributed by atoms with E-state index in [-0.39, 0.29) is 23.7 Å². The summed E-state index contributed by atoms with van der Waals surface area (Å²) in [7, 11) is 0. The van der Waals surface area contributed by atoms with Crippen LogP contribution in [0.2, 0.25) is 0 Å². The zero-order chi connectivity index (χ0) is 24.0. The first kappa shape index (κ1) is 23.9. The fourth-order valence-electron chi connectivity index (χ4n) is 4.99. The zero-order valence-corrected chi connectivity index (χ0v) is 20.7.